The van der Waals surface area contributed by atoms with Gasteiger partial charge in [-0.15, -0.1) is 0 Å². The first kappa shape index (κ1) is 22.1. The minimum absolute atomic E-state index is 0.217. The number of amides is 1. The van der Waals surface area contributed by atoms with Crippen molar-refractivity contribution in [3.05, 3.63) is 60.8 Å². The van der Waals surface area contributed by atoms with Crippen LogP contribution in [0.1, 0.15) is 16.9 Å². The van der Waals surface area contributed by atoms with E-state index in [1.54, 1.807) is 36.6 Å². The van der Waals surface area contributed by atoms with Crippen LogP contribution in [-0.4, -0.2) is 81.5 Å². The maximum absolute atomic E-state index is 13.0. The summed E-state index contributed by atoms with van der Waals surface area (Å²) in [7, 11) is 1.63. The number of ether oxygens (including phenoxy) is 2. The SMILES string of the molecule is COc1cccc(-n2nccc2-c2nc(C(=O)NCCCN3CCOCC3)c3cnccn23)c1. The van der Waals surface area contributed by atoms with Gasteiger partial charge in [0.25, 0.3) is 5.91 Å². The minimum atomic E-state index is -0.217. The number of hydrogen-bond acceptors (Lipinski definition) is 7. The van der Waals surface area contributed by atoms with E-state index in [0.29, 0.717) is 23.6 Å². The number of benzene rings is 1. The molecule has 4 aromatic rings. The molecule has 1 aliphatic heterocycles. The number of hydrogen-bond donors (Lipinski definition) is 1. The maximum Gasteiger partial charge on any atom is 0.272 e. The van der Waals surface area contributed by atoms with Gasteiger partial charge in [-0.25, -0.2) is 9.67 Å². The average molecular weight is 462 g/mol. The number of nitrogens with zero attached hydrogens (tertiary/aromatic N) is 6. The number of imidazole rings is 1. The Kier molecular flexibility index (Phi) is 6.50. The van der Waals surface area contributed by atoms with Crippen molar-refractivity contribution in [1.29, 1.82) is 0 Å². The molecule has 176 valence electrons. The molecule has 1 aliphatic rings. The molecule has 0 radical (unpaired) electrons. The predicted molar refractivity (Wildman–Crippen MR) is 126 cm³/mol. The lowest BCUT2D eigenvalue weighted by molar-refractivity contribution is 0.0374. The van der Waals surface area contributed by atoms with Crippen molar-refractivity contribution in [3.63, 3.8) is 0 Å². The lowest BCUT2D eigenvalue weighted by atomic mass is 10.3. The van der Waals surface area contributed by atoms with Gasteiger partial charge in [0.1, 0.15) is 11.4 Å². The predicted octanol–water partition coefficient (Wildman–Crippen LogP) is 2.04. The zero-order valence-electron chi connectivity index (χ0n) is 19.1. The molecule has 0 unspecified atom stereocenters. The van der Waals surface area contributed by atoms with Crippen molar-refractivity contribution in [1.82, 2.24) is 34.4 Å². The van der Waals surface area contributed by atoms with E-state index in [1.807, 2.05) is 34.7 Å². The van der Waals surface area contributed by atoms with Gasteiger partial charge in [0.15, 0.2) is 11.5 Å². The third kappa shape index (κ3) is 4.50. The number of rotatable bonds is 8. The van der Waals surface area contributed by atoms with Crippen LogP contribution in [0.2, 0.25) is 0 Å². The first-order valence-electron chi connectivity index (χ1n) is 11.3. The van der Waals surface area contributed by atoms with Gasteiger partial charge in [-0.1, -0.05) is 6.07 Å². The van der Waals surface area contributed by atoms with Crippen molar-refractivity contribution >= 4 is 11.4 Å². The summed E-state index contributed by atoms with van der Waals surface area (Å²) in [5, 5.41) is 7.49. The minimum Gasteiger partial charge on any atom is -0.497 e. The first-order valence-corrected chi connectivity index (χ1v) is 11.3. The van der Waals surface area contributed by atoms with Crippen molar-refractivity contribution < 1.29 is 14.3 Å². The third-order valence-electron chi connectivity index (χ3n) is 5.87. The van der Waals surface area contributed by atoms with Gasteiger partial charge in [0.05, 0.1) is 43.9 Å². The van der Waals surface area contributed by atoms with E-state index in [2.05, 4.69) is 20.3 Å². The number of morpholine rings is 1. The van der Waals surface area contributed by atoms with Crippen molar-refractivity contribution in [2.75, 3.05) is 46.5 Å². The summed E-state index contributed by atoms with van der Waals surface area (Å²) < 4.78 is 14.4. The Balaban J connectivity index is 1.38. The molecule has 0 aliphatic carbocycles. The second-order valence-electron chi connectivity index (χ2n) is 8.01. The highest BCUT2D eigenvalue weighted by molar-refractivity contribution is 5.99. The Labute approximate surface area is 197 Å². The fraction of sp³-hybridized carbons (Fsp3) is 0.333. The molecule has 34 heavy (non-hydrogen) atoms. The van der Waals surface area contributed by atoms with Crippen LogP contribution in [0.5, 0.6) is 5.75 Å². The number of carbonyl (C=O) groups is 1. The van der Waals surface area contributed by atoms with Gasteiger partial charge in [-0.2, -0.15) is 5.10 Å². The van der Waals surface area contributed by atoms with E-state index in [4.69, 9.17) is 14.5 Å². The quantitative estimate of drug-likeness (QED) is 0.401. The van der Waals surface area contributed by atoms with Gasteiger partial charge in [0.2, 0.25) is 0 Å². The molecule has 1 N–H and O–H groups in total. The van der Waals surface area contributed by atoms with Crippen LogP contribution in [0, 0.1) is 0 Å². The molecule has 1 amide bonds. The summed E-state index contributed by atoms with van der Waals surface area (Å²) >= 11 is 0. The Morgan fingerprint density at radius 2 is 2.09 bits per heavy atom. The summed E-state index contributed by atoms with van der Waals surface area (Å²) in [6.45, 7) is 4.93. The summed E-state index contributed by atoms with van der Waals surface area (Å²) in [5.74, 6) is 1.12. The van der Waals surface area contributed by atoms with Gasteiger partial charge < -0.3 is 14.8 Å². The summed E-state index contributed by atoms with van der Waals surface area (Å²) in [4.78, 5) is 24.3. The van der Waals surface area contributed by atoms with Gasteiger partial charge in [-0.05, 0) is 31.2 Å². The van der Waals surface area contributed by atoms with Gasteiger partial charge in [0, 0.05) is 38.1 Å². The Bertz CT molecular complexity index is 1280. The highest BCUT2D eigenvalue weighted by Gasteiger charge is 2.21. The average Bonchev–Trinajstić information content (AvgIpc) is 3.52. The lowest BCUT2D eigenvalue weighted by Crippen LogP contribution is -2.38. The Morgan fingerprint density at radius 3 is 2.94 bits per heavy atom. The Morgan fingerprint density at radius 1 is 1.21 bits per heavy atom. The van der Waals surface area contributed by atoms with E-state index in [1.165, 1.54) is 0 Å². The topological polar surface area (TPSA) is 98.8 Å². The van der Waals surface area contributed by atoms with Gasteiger partial charge >= 0.3 is 0 Å². The molecular formula is C24H27N7O3. The van der Waals surface area contributed by atoms with Crippen LogP contribution in [-0.2, 0) is 4.74 Å². The van der Waals surface area contributed by atoms with Crippen LogP contribution in [0.3, 0.4) is 0 Å². The van der Waals surface area contributed by atoms with E-state index < -0.39 is 0 Å². The number of nitrogens with one attached hydrogen (secondary N) is 1. The van der Waals surface area contributed by atoms with Crippen LogP contribution >= 0.6 is 0 Å². The maximum atomic E-state index is 13.0. The molecule has 1 saturated heterocycles. The molecule has 4 heterocycles. The van der Waals surface area contributed by atoms with Crippen LogP contribution in [0.15, 0.2) is 55.1 Å². The largest absolute Gasteiger partial charge is 0.497 e. The van der Waals surface area contributed by atoms with Crippen LogP contribution in [0.4, 0.5) is 0 Å². The van der Waals surface area contributed by atoms with Crippen LogP contribution < -0.4 is 10.1 Å². The Hall–Kier alpha value is -3.76. The van der Waals surface area contributed by atoms with Gasteiger partial charge in [-0.3, -0.25) is 19.1 Å². The van der Waals surface area contributed by atoms with E-state index in [-0.39, 0.29) is 5.91 Å². The third-order valence-corrected chi connectivity index (χ3v) is 5.87. The normalized spacial score (nSPS) is 14.4. The molecule has 10 heteroatoms. The molecule has 1 fully saturated rings. The number of aromatic nitrogens is 5. The second-order valence-corrected chi connectivity index (χ2v) is 8.01. The van der Waals surface area contributed by atoms with E-state index in [0.717, 1.165) is 56.4 Å². The monoisotopic (exact) mass is 461 g/mol. The molecular weight excluding hydrogens is 434 g/mol. The molecule has 0 saturated carbocycles. The van der Waals surface area contributed by atoms with E-state index in [9.17, 15) is 4.79 Å². The van der Waals surface area contributed by atoms with Crippen molar-refractivity contribution in [3.8, 4) is 23.0 Å². The summed E-state index contributed by atoms with van der Waals surface area (Å²) in [6.07, 6.45) is 7.71. The zero-order valence-corrected chi connectivity index (χ0v) is 19.1. The molecule has 0 spiro atoms. The lowest BCUT2D eigenvalue weighted by Gasteiger charge is -2.26. The standard InChI is InChI=1S/C24H27N7O3/c1-33-19-5-2-4-18(16-19)31-20(6-8-27-31)23-28-22(21-17-25-9-11-30(21)23)24(32)26-7-3-10-29-12-14-34-15-13-29/h2,4-6,8-9,11,16-17H,3,7,10,12-15H2,1H3,(H,26,32). The molecule has 5 rings (SSSR count). The number of fused-ring (bicyclic) bond motifs is 1. The molecule has 0 bridgehead atoms. The first-order chi connectivity index (χ1) is 16.7. The summed E-state index contributed by atoms with van der Waals surface area (Å²) in [6, 6.07) is 9.50. The molecule has 0 atom stereocenters. The molecule has 3 aromatic heterocycles. The fourth-order valence-corrected chi connectivity index (χ4v) is 4.12. The molecule has 1 aromatic carbocycles. The van der Waals surface area contributed by atoms with E-state index >= 15 is 0 Å². The number of carbonyl (C=O) groups excluding carboxylic acids is 1. The van der Waals surface area contributed by atoms with Crippen molar-refractivity contribution in [2.45, 2.75) is 6.42 Å². The molecule has 10 nitrogen and oxygen atoms in total. The highest BCUT2D eigenvalue weighted by Crippen LogP contribution is 2.26. The summed E-state index contributed by atoms with van der Waals surface area (Å²) in [5.41, 5.74) is 2.56. The highest BCUT2D eigenvalue weighted by atomic mass is 16.5. The van der Waals surface area contributed by atoms with Crippen LogP contribution in [0.25, 0.3) is 22.7 Å². The zero-order chi connectivity index (χ0) is 23.3. The second kappa shape index (κ2) is 10.0. The number of methoxy groups -OCH3 is 1. The fourth-order valence-electron chi connectivity index (χ4n) is 4.12. The smallest absolute Gasteiger partial charge is 0.272 e. The van der Waals surface area contributed by atoms with Crippen molar-refractivity contribution in [2.24, 2.45) is 0 Å².